The number of carbonyl (C=O) groups excluding carboxylic acids is 2. The van der Waals surface area contributed by atoms with Crippen LogP contribution in [-0.4, -0.2) is 37.6 Å². The molecule has 0 radical (unpaired) electrons. The molecule has 0 aliphatic carbocycles. The average Bonchev–Trinajstić information content (AvgIpc) is 2.95. The first-order valence-electron chi connectivity index (χ1n) is 7.44. The van der Waals surface area contributed by atoms with Crippen LogP contribution in [0.15, 0.2) is 18.2 Å². The summed E-state index contributed by atoms with van der Waals surface area (Å²) in [5.41, 5.74) is 1.00. The van der Waals surface area contributed by atoms with E-state index in [0.717, 1.165) is 25.9 Å². The summed E-state index contributed by atoms with van der Waals surface area (Å²) >= 11 is 0. The van der Waals surface area contributed by atoms with E-state index in [2.05, 4.69) is 5.32 Å². The number of nitrogens with one attached hydrogen (secondary N) is 1. The number of hydrogen-bond donors (Lipinski definition) is 1. The zero-order valence-corrected chi connectivity index (χ0v) is 11.9. The second-order valence-corrected chi connectivity index (χ2v) is 5.41. The van der Waals surface area contributed by atoms with Crippen LogP contribution in [0, 0.1) is 0 Å². The molecule has 1 amide bonds. The Hall–Kier alpha value is -1.88. The number of ether oxygens (including phenoxy) is 2. The molecular weight excluding hydrogens is 270 g/mol. The molecule has 2 aliphatic heterocycles. The van der Waals surface area contributed by atoms with Gasteiger partial charge in [0, 0.05) is 18.6 Å². The van der Waals surface area contributed by atoms with Crippen LogP contribution in [0.5, 0.6) is 5.75 Å². The van der Waals surface area contributed by atoms with E-state index >= 15 is 0 Å². The minimum absolute atomic E-state index is 0.0466. The monoisotopic (exact) mass is 289 g/mol. The summed E-state index contributed by atoms with van der Waals surface area (Å²) in [6.45, 7) is 1.73. The molecule has 3 rings (SSSR count). The quantitative estimate of drug-likeness (QED) is 0.860. The van der Waals surface area contributed by atoms with Gasteiger partial charge in [0.15, 0.2) is 5.78 Å². The fourth-order valence-electron chi connectivity index (χ4n) is 2.74. The highest BCUT2D eigenvalue weighted by Crippen LogP contribution is 2.24. The molecule has 1 aromatic rings. The molecule has 112 valence electrons. The first-order valence-corrected chi connectivity index (χ1v) is 7.44. The van der Waals surface area contributed by atoms with Crippen LogP contribution < -0.4 is 10.1 Å². The van der Waals surface area contributed by atoms with Crippen molar-refractivity contribution in [3.63, 3.8) is 0 Å². The van der Waals surface area contributed by atoms with Gasteiger partial charge >= 0.3 is 0 Å². The first-order chi connectivity index (χ1) is 10.2. The Morgan fingerprint density at radius 3 is 3.05 bits per heavy atom. The summed E-state index contributed by atoms with van der Waals surface area (Å²) in [5.74, 6) is 0.405. The maximum atomic E-state index is 12.3. The third-order valence-electron chi connectivity index (χ3n) is 3.91. The number of rotatable bonds is 4. The molecule has 2 aliphatic rings. The van der Waals surface area contributed by atoms with Gasteiger partial charge in [0.1, 0.15) is 12.4 Å². The molecule has 5 heteroatoms. The standard InChI is InChI=1S/C16H19NO4/c18-14(5-4-12-2-1-8-20-12)11-3-6-15-13(10-11)16(19)17-7-9-21-15/h3,6,10,12H,1-2,4-5,7-9H2,(H,17,19). The molecule has 1 aromatic carbocycles. The van der Waals surface area contributed by atoms with Gasteiger partial charge in [-0.1, -0.05) is 0 Å². The molecule has 1 atom stereocenters. The van der Waals surface area contributed by atoms with Gasteiger partial charge in [0.2, 0.25) is 0 Å². The third-order valence-corrected chi connectivity index (χ3v) is 3.91. The minimum atomic E-state index is -0.184. The summed E-state index contributed by atoms with van der Waals surface area (Å²) in [5, 5.41) is 2.75. The number of benzene rings is 1. The van der Waals surface area contributed by atoms with Crippen molar-refractivity contribution in [1.82, 2.24) is 5.32 Å². The van der Waals surface area contributed by atoms with E-state index in [0.29, 0.717) is 36.4 Å². The molecule has 2 heterocycles. The Morgan fingerprint density at radius 1 is 1.33 bits per heavy atom. The van der Waals surface area contributed by atoms with Gasteiger partial charge in [0.05, 0.1) is 18.2 Å². The average molecular weight is 289 g/mol. The van der Waals surface area contributed by atoms with E-state index in [4.69, 9.17) is 9.47 Å². The van der Waals surface area contributed by atoms with E-state index in [1.54, 1.807) is 18.2 Å². The van der Waals surface area contributed by atoms with Crippen molar-refractivity contribution < 1.29 is 19.1 Å². The molecule has 1 N–H and O–H groups in total. The van der Waals surface area contributed by atoms with Gasteiger partial charge in [-0.15, -0.1) is 0 Å². The summed E-state index contributed by atoms with van der Waals surface area (Å²) < 4.78 is 11.0. The Labute approximate surface area is 123 Å². The molecular formula is C16H19NO4. The zero-order valence-electron chi connectivity index (χ0n) is 11.9. The Bertz CT molecular complexity index is 549. The Morgan fingerprint density at radius 2 is 2.24 bits per heavy atom. The number of hydrogen-bond acceptors (Lipinski definition) is 4. The Kier molecular flexibility index (Phi) is 4.20. The fraction of sp³-hybridized carbons (Fsp3) is 0.500. The second-order valence-electron chi connectivity index (χ2n) is 5.41. The molecule has 0 spiro atoms. The van der Waals surface area contributed by atoms with Crippen molar-refractivity contribution in [3.8, 4) is 5.75 Å². The molecule has 21 heavy (non-hydrogen) atoms. The molecule has 1 fully saturated rings. The van der Waals surface area contributed by atoms with E-state index in [9.17, 15) is 9.59 Å². The van der Waals surface area contributed by atoms with Crippen LogP contribution in [0.4, 0.5) is 0 Å². The van der Waals surface area contributed by atoms with Gasteiger partial charge in [-0.2, -0.15) is 0 Å². The number of ketones is 1. The van der Waals surface area contributed by atoms with Gasteiger partial charge in [-0.25, -0.2) is 0 Å². The van der Waals surface area contributed by atoms with Crippen molar-refractivity contribution >= 4 is 11.7 Å². The Balaban J connectivity index is 1.70. The van der Waals surface area contributed by atoms with Crippen LogP contribution >= 0.6 is 0 Å². The van der Waals surface area contributed by atoms with E-state index in [-0.39, 0.29) is 17.8 Å². The van der Waals surface area contributed by atoms with Crippen LogP contribution in [0.2, 0.25) is 0 Å². The highest BCUT2D eigenvalue weighted by molar-refractivity contribution is 6.02. The van der Waals surface area contributed by atoms with Gasteiger partial charge < -0.3 is 14.8 Å². The SMILES string of the molecule is O=C(CCC1CCCO1)c1ccc2c(c1)C(=O)NCCO2. The number of carbonyl (C=O) groups is 2. The first kappa shape index (κ1) is 14.1. The molecule has 0 saturated carbocycles. The topological polar surface area (TPSA) is 64.6 Å². The number of amides is 1. The van der Waals surface area contributed by atoms with Crippen molar-refractivity contribution in [1.29, 1.82) is 0 Å². The lowest BCUT2D eigenvalue weighted by atomic mass is 10.0. The van der Waals surface area contributed by atoms with E-state index < -0.39 is 0 Å². The lowest BCUT2D eigenvalue weighted by Crippen LogP contribution is -2.24. The predicted octanol–water partition coefficient (Wildman–Crippen LogP) is 1.95. The fourth-order valence-corrected chi connectivity index (χ4v) is 2.74. The third kappa shape index (κ3) is 3.24. The van der Waals surface area contributed by atoms with Gasteiger partial charge in [-0.3, -0.25) is 9.59 Å². The van der Waals surface area contributed by atoms with Crippen molar-refractivity contribution in [3.05, 3.63) is 29.3 Å². The number of fused-ring (bicyclic) bond motifs is 1. The maximum absolute atomic E-state index is 12.3. The number of Topliss-reactive ketones (excluding diaryl/α,β-unsaturated/α-hetero) is 1. The van der Waals surface area contributed by atoms with Gasteiger partial charge in [0.25, 0.3) is 5.91 Å². The molecule has 1 unspecified atom stereocenters. The second kappa shape index (κ2) is 6.26. The zero-order chi connectivity index (χ0) is 14.7. The highest BCUT2D eigenvalue weighted by Gasteiger charge is 2.20. The maximum Gasteiger partial charge on any atom is 0.255 e. The lowest BCUT2D eigenvalue weighted by molar-refractivity contribution is 0.0859. The highest BCUT2D eigenvalue weighted by atomic mass is 16.5. The lowest BCUT2D eigenvalue weighted by Gasteiger charge is -2.10. The van der Waals surface area contributed by atoms with E-state index in [1.807, 2.05) is 0 Å². The molecule has 0 aromatic heterocycles. The molecule has 1 saturated heterocycles. The van der Waals surface area contributed by atoms with Crippen molar-refractivity contribution in [2.45, 2.75) is 31.8 Å². The van der Waals surface area contributed by atoms with Crippen LogP contribution in [0.3, 0.4) is 0 Å². The molecule has 0 bridgehead atoms. The summed E-state index contributed by atoms with van der Waals surface area (Å²) in [7, 11) is 0. The normalized spacial score (nSPS) is 21.1. The predicted molar refractivity (Wildman–Crippen MR) is 76.8 cm³/mol. The molecule has 5 nitrogen and oxygen atoms in total. The summed E-state index contributed by atoms with van der Waals surface area (Å²) in [4.78, 5) is 24.2. The minimum Gasteiger partial charge on any atom is -0.491 e. The largest absolute Gasteiger partial charge is 0.491 e. The van der Waals surface area contributed by atoms with E-state index in [1.165, 1.54) is 0 Å². The van der Waals surface area contributed by atoms with Crippen LogP contribution in [0.1, 0.15) is 46.4 Å². The summed E-state index contributed by atoms with van der Waals surface area (Å²) in [6, 6.07) is 5.07. The van der Waals surface area contributed by atoms with Crippen LogP contribution in [0.25, 0.3) is 0 Å². The van der Waals surface area contributed by atoms with Crippen molar-refractivity contribution in [2.75, 3.05) is 19.8 Å². The van der Waals surface area contributed by atoms with Crippen molar-refractivity contribution in [2.24, 2.45) is 0 Å². The summed E-state index contributed by atoms with van der Waals surface area (Å²) in [6.07, 6.45) is 3.52. The smallest absolute Gasteiger partial charge is 0.255 e. The van der Waals surface area contributed by atoms with Gasteiger partial charge in [-0.05, 0) is 37.5 Å². The van der Waals surface area contributed by atoms with Crippen LogP contribution in [-0.2, 0) is 4.74 Å².